The van der Waals surface area contributed by atoms with Gasteiger partial charge >= 0.3 is 11.9 Å². The van der Waals surface area contributed by atoms with Crippen LogP contribution in [0, 0.1) is 34.6 Å². The first-order chi connectivity index (χ1) is 52.7. The van der Waals surface area contributed by atoms with E-state index >= 15 is 0 Å². The summed E-state index contributed by atoms with van der Waals surface area (Å²) in [6.45, 7) is 5.93. The Hall–Kier alpha value is -11.0. The third-order valence-corrected chi connectivity index (χ3v) is 22.6. The van der Waals surface area contributed by atoms with E-state index in [4.69, 9.17) is 0 Å². The zero-order chi connectivity index (χ0) is 82.2. The van der Waals surface area contributed by atoms with Gasteiger partial charge in [-0.05, 0) is 119 Å². The Bertz CT molecular complexity index is 5290. The van der Waals surface area contributed by atoms with E-state index in [-0.39, 0.29) is 91.1 Å². The number of carboxylic acids is 2. The molecule has 0 spiro atoms. The summed E-state index contributed by atoms with van der Waals surface area (Å²) in [5, 5.41) is 43.1. The number of aryl methyl sites for hydroxylation is 7. The Kier molecular flexibility index (Phi) is 30.8. The zero-order valence-electron chi connectivity index (χ0n) is 61.2. The van der Waals surface area contributed by atoms with E-state index in [1.54, 1.807) is 75.6 Å². The third kappa shape index (κ3) is 24.7. The fraction of sp³-hybridized carbons (Fsp3) is 0.371. The summed E-state index contributed by atoms with van der Waals surface area (Å²) in [5.74, 6) is -11.3. The quantitative estimate of drug-likeness (QED) is 0.0191. The second-order valence-corrected chi connectivity index (χ2v) is 32.6. The molecule has 0 fully saturated rings. The number of nitrogens with zero attached hydrogens (tertiary/aromatic N) is 4. The van der Waals surface area contributed by atoms with Crippen LogP contribution in [0.15, 0.2) is 123 Å². The number of aromatic nitrogens is 6. The molecule has 5 atom stereocenters. The third-order valence-electron chi connectivity index (χ3n) is 17.5. The van der Waals surface area contributed by atoms with Crippen molar-refractivity contribution in [2.24, 2.45) is 0 Å². The predicted molar refractivity (Wildman–Crippen MR) is 418 cm³/mol. The van der Waals surface area contributed by atoms with E-state index in [0.29, 0.717) is 45.3 Å². The minimum atomic E-state index is -5.03. The lowest BCUT2D eigenvalue weighted by Gasteiger charge is -2.26. The highest BCUT2D eigenvalue weighted by molar-refractivity contribution is 8.19. The first kappa shape index (κ1) is 89.2. The van der Waals surface area contributed by atoms with Gasteiger partial charge in [0.1, 0.15) is 41.0 Å². The summed E-state index contributed by atoms with van der Waals surface area (Å²) in [4.78, 5) is 149. The van der Waals surface area contributed by atoms with Crippen molar-refractivity contribution in [3.05, 3.63) is 174 Å². The number of fused-ring (bicyclic) bond motifs is 2. The molecule has 0 aliphatic rings. The van der Waals surface area contributed by atoms with E-state index in [2.05, 4.69) is 77.2 Å². The lowest BCUT2D eigenvalue weighted by atomic mass is 10.1. The molecule has 0 radical (unpaired) electrons. The summed E-state index contributed by atoms with van der Waals surface area (Å²) in [7, 11) is -17.2. The molecule has 4 heterocycles. The number of imidazole rings is 2. The summed E-state index contributed by atoms with van der Waals surface area (Å²) < 4.78 is 126. The number of hydrogen-bond acceptors (Lipinski definition) is 24. The molecule has 19 N–H and O–H groups in total. The molecule has 8 aromatic rings. The molecule has 43 heteroatoms. The lowest BCUT2D eigenvalue weighted by Crippen LogP contribution is -2.55. The number of hydrogen-bond donors (Lipinski definition) is 19. The molecular weight excluding hydrogens is 1560 g/mol. The molecule has 0 unspecified atom stereocenters. The van der Waals surface area contributed by atoms with Crippen LogP contribution in [0.1, 0.15) is 92.8 Å². The predicted octanol–water partition coefficient (Wildman–Crippen LogP) is 1.65. The molecule has 0 saturated carbocycles. The van der Waals surface area contributed by atoms with Crippen LogP contribution in [0.25, 0.3) is 21.8 Å². The maximum atomic E-state index is 14.1. The van der Waals surface area contributed by atoms with Crippen molar-refractivity contribution in [2.45, 2.75) is 134 Å². The highest BCUT2D eigenvalue weighted by atomic mass is 32.3. The Morgan fingerprint density at radius 1 is 0.531 bits per heavy atom. The summed E-state index contributed by atoms with van der Waals surface area (Å²) in [6, 6.07) is 8.18. The number of aromatic amines is 2. The molecular formula is C70H91N17O22S4. The van der Waals surface area contributed by atoms with Gasteiger partial charge in [0, 0.05) is 107 Å². The number of carbonyl (C=O) groups excluding carboxylic acids is 6. The van der Waals surface area contributed by atoms with Crippen LogP contribution in [-0.4, -0.2) is 205 Å². The van der Waals surface area contributed by atoms with Gasteiger partial charge in [0.05, 0.1) is 43.5 Å². The Morgan fingerprint density at radius 2 is 0.965 bits per heavy atom. The largest absolute Gasteiger partial charge is 0.480 e. The fourth-order valence-corrected chi connectivity index (χ4v) is 17.0. The van der Waals surface area contributed by atoms with E-state index < -0.39 is 178 Å². The van der Waals surface area contributed by atoms with Crippen LogP contribution < -0.4 is 68.2 Å². The summed E-state index contributed by atoms with van der Waals surface area (Å²) >= 11 is 0. The number of carbonyl (C=O) groups is 8. The molecule has 4 aromatic carbocycles. The van der Waals surface area contributed by atoms with Gasteiger partial charge < -0.3 is 90.8 Å². The van der Waals surface area contributed by atoms with Gasteiger partial charge in [0.2, 0.25) is 54.5 Å². The van der Waals surface area contributed by atoms with Crippen molar-refractivity contribution in [3.63, 3.8) is 0 Å². The van der Waals surface area contributed by atoms with Crippen molar-refractivity contribution < 1.29 is 92.0 Å². The molecule has 113 heavy (non-hydrogen) atoms. The topological polar surface area (TPSA) is 594 Å². The number of nitrogens with one attached hydrogen (secondary N) is 13. The molecule has 0 aliphatic heterocycles. The normalized spacial score (nSPS) is 13.3. The number of anilines is 2. The van der Waals surface area contributed by atoms with Gasteiger partial charge in [-0.25, -0.2) is 26.8 Å². The minimum Gasteiger partial charge on any atom is -0.480 e. The number of amides is 6. The molecule has 4 aromatic heterocycles. The number of sulfonamides is 2. The maximum absolute atomic E-state index is 14.1. The van der Waals surface area contributed by atoms with Crippen molar-refractivity contribution in [1.82, 2.24) is 75.7 Å². The number of likely N-dealkylation sites (N-methyl/N-ethyl adjacent to an activating group) is 1. The van der Waals surface area contributed by atoms with E-state index in [9.17, 15) is 102 Å². The van der Waals surface area contributed by atoms with E-state index in [1.807, 2.05) is 0 Å². The highest BCUT2D eigenvalue weighted by Crippen LogP contribution is 2.33. The monoisotopic (exact) mass is 1650 g/mol. The molecule has 612 valence electrons. The van der Waals surface area contributed by atoms with Crippen molar-refractivity contribution in [3.8, 4) is 0 Å². The van der Waals surface area contributed by atoms with Crippen LogP contribution in [0.3, 0.4) is 0 Å². The summed E-state index contributed by atoms with van der Waals surface area (Å²) in [6.07, 6.45) is 7.44. The van der Waals surface area contributed by atoms with Crippen LogP contribution in [-0.2, 0) is 85.1 Å². The molecule has 0 saturated heterocycles. The van der Waals surface area contributed by atoms with Crippen LogP contribution in [0.2, 0.25) is 0 Å². The minimum absolute atomic E-state index is 0. The number of aliphatic carboxylic acids is 2. The first-order valence-electron chi connectivity index (χ1n) is 34.5. The van der Waals surface area contributed by atoms with Crippen molar-refractivity contribution in [2.75, 3.05) is 55.4 Å². The molecule has 0 bridgehead atoms. The second kappa shape index (κ2) is 39.0. The van der Waals surface area contributed by atoms with Crippen LogP contribution in [0.5, 0.6) is 0 Å². The van der Waals surface area contributed by atoms with Gasteiger partial charge in [-0.3, -0.25) is 52.5 Å². The van der Waals surface area contributed by atoms with Gasteiger partial charge in [-0.2, -0.15) is 17.9 Å². The van der Waals surface area contributed by atoms with Crippen LogP contribution in [0.4, 0.5) is 11.9 Å². The van der Waals surface area contributed by atoms with Crippen molar-refractivity contribution in [1.29, 1.82) is 0 Å². The van der Waals surface area contributed by atoms with Gasteiger partial charge in [0.15, 0.2) is 11.9 Å². The molecule has 0 aliphatic carbocycles. The van der Waals surface area contributed by atoms with Gasteiger partial charge in [0.25, 0.3) is 21.9 Å². The summed E-state index contributed by atoms with van der Waals surface area (Å²) in [5.41, 5.74) is 1.36. The average molecular weight is 1650 g/mol. The molecule has 8 rings (SSSR count). The van der Waals surface area contributed by atoms with E-state index in [0.717, 1.165) is 5.56 Å². The number of pyridine rings is 2. The van der Waals surface area contributed by atoms with Gasteiger partial charge in [-0.1, -0.05) is 55.5 Å². The number of H-pyrrole nitrogens is 2. The average Bonchev–Trinajstić information content (AvgIpc) is 0.945. The van der Waals surface area contributed by atoms with Crippen molar-refractivity contribution >= 4 is 122 Å². The Morgan fingerprint density at radius 3 is 1.36 bits per heavy atom. The highest BCUT2D eigenvalue weighted by Gasteiger charge is 2.34. The second-order valence-electron chi connectivity index (χ2n) is 26.2. The number of rotatable bonds is 41. The zero-order valence-corrected chi connectivity index (χ0v) is 64.5. The first-order valence-corrected chi connectivity index (χ1v) is 40.7. The number of carboxylic acid groups (broad SMARTS) is 2. The van der Waals surface area contributed by atoms with Gasteiger partial charge in [-0.15, -0.1) is 0 Å². The Labute approximate surface area is 650 Å². The van der Waals surface area contributed by atoms with E-state index in [1.165, 1.54) is 79.1 Å². The number of benzene rings is 4. The fourth-order valence-electron chi connectivity index (χ4n) is 12.3. The SMILES string of the molecule is C.CN[C@@H](CCC(=O)N[C@@H](CS(O)(O)O)C(=O)NCCCn1cc(C(=O)NC[C@H](NS(=O)(=O)c2c(C)cccc2C)C(=O)O)c(=O)c2ccc(CNc3ncc[nH]3)cc21)C(=O)N[C@@H](CS(=O)(=O)O)C(=O)NCCCn1cc(C(=O)NC[C@H](NS(=O)(=O)c2c(C)cc(C)cc2C)C(=O)O)c(=O)c2ccc(CNc3ncc[nH]3)cc21. The van der Waals surface area contributed by atoms with Crippen LogP contribution >= 0.6 is 10.9 Å². The maximum Gasteiger partial charge on any atom is 0.323 e. The molecule has 39 nitrogen and oxygen atoms in total. The Balaban J connectivity index is 0.0000177. The lowest BCUT2D eigenvalue weighted by molar-refractivity contribution is -0.139. The smallest absolute Gasteiger partial charge is 0.323 e. The standard InChI is InChI=1S/C69H87N17O22S4.CH4/c1-38-26-41(4)60(42(5)27-38)112(107,108)84-51(67(97)98)33-78-62(91)48-35-86(55-29-44(13-15-46(55)58(48)89)31-80-69-75-22-23-76-69)25-9-19-72-64(93)53(37-110(102,103)104)82-65(94)49(70-6)16-17-56(87)81-52(36-109(99,100)101)63(92)71-18-8-24-85-34-47(57(88)45-14-12-43(28-54(45)85)30-79-68-73-20-21-74-68)61(90)77-32-50(66(95)96)83-111(105,106)59-39(2)10-7-11-40(59)3;/h7,10-15,20-23,26-29,34-35,49-53,70,83-84,99-101H,8-9,16-19,24-25,30-33,36-37H2,1-6H3,(H,71,92)(H,72,93)(H,77,90)(H,78,91)(H,81,87)(H,82,94)(H,95,96)(H,97,98)(H2,73,74,79)(H2,75,76,80)(H,102,103,104);1H4/t49-,50-,51-,52-,53-;/m0./s1. The molecule has 6 amide bonds.